The lowest BCUT2D eigenvalue weighted by atomic mass is 10.1. The minimum Gasteiger partial charge on any atom is -0.337 e. The number of likely N-dealkylation sites (tertiary alicyclic amines) is 1. The van der Waals surface area contributed by atoms with E-state index in [2.05, 4.69) is 10.1 Å². The van der Waals surface area contributed by atoms with E-state index < -0.39 is 11.9 Å². The van der Waals surface area contributed by atoms with Crippen LogP contribution >= 0.6 is 11.6 Å². The summed E-state index contributed by atoms with van der Waals surface area (Å²) < 4.78 is 32.1. The molecule has 138 valence electrons. The van der Waals surface area contributed by atoms with Gasteiger partial charge in [0, 0.05) is 18.5 Å². The van der Waals surface area contributed by atoms with Gasteiger partial charge in [-0.15, -0.1) is 0 Å². The summed E-state index contributed by atoms with van der Waals surface area (Å²) in [7, 11) is 0. The first-order chi connectivity index (χ1) is 13.0. The van der Waals surface area contributed by atoms with E-state index in [1.165, 1.54) is 30.3 Å². The predicted molar refractivity (Wildman–Crippen MR) is 93.6 cm³/mol. The lowest BCUT2D eigenvalue weighted by Gasteiger charge is -2.22. The molecule has 8 heteroatoms. The Hall–Kier alpha value is -2.80. The highest BCUT2D eigenvalue weighted by Crippen LogP contribution is 2.34. The van der Waals surface area contributed by atoms with Gasteiger partial charge in [-0.05, 0) is 42.3 Å². The highest BCUT2D eigenvalue weighted by Gasteiger charge is 2.36. The van der Waals surface area contributed by atoms with Crippen LogP contribution in [0.2, 0.25) is 5.02 Å². The summed E-state index contributed by atoms with van der Waals surface area (Å²) in [5.74, 6) is -0.408. The van der Waals surface area contributed by atoms with Crippen LogP contribution in [0.4, 0.5) is 8.78 Å². The molecule has 2 aromatic carbocycles. The lowest BCUT2D eigenvalue weighted by Crippen LogP contribution is -2.27. The van der Waals surface area contributed by atoms with E-state index in [0.29, 0.717) is 24.0 Å². The largest absolute Gasteiger partial charge is 0.337 e. The van der Waals surface area contributed by atoms with Gasteiger partial charge in [0.1, 0.15) is 17.7 Å². The Kier molecular flexibility index (Phi) is 4.61. The summed E-state index contributed by atoms with van der Waals surface area (Å²) in [4.78, 5) is 18.2. The fraction of sp³-hybridized carbons (Fsp3) is 0.211. The van der Waals surface area contributed by atoms with Gasteiger partial charge in [0.25, 0.3) is 0 Å². The summed E-state index contributed by atoms with van der Waals surface area (Å²) in [5.41, 5.74) is 1.19. The lowest BCUT2D eigenvalue weighted by molar-refractivity contribution is -0.130. The van der Waals surface area contributed by atoms with E-state index in [4.69, 9.17) is 16.1 Å². The summed E-state index contributed by atoms with van der Waals surface area (Å²) in [6.07, 6.45) is 0.875. The second-order valence-electron chi connectivity index (χ2n) is 6.29. The fourth-order valence-corrected chi connectivity index (χ4v) is 3.32. The first kappa shape index (κ1) is 17.6. The Morgan fingerprint density at radius 3 is 2.85 bits per heavy atom. The minimum atomic E-state index is -0.535. The van der Waals surface area contributed by atoms with Crippen LogP contribution in [0.15, 0.2) is 47.0 Å². The molecule has 0 saturated carbocycles. The van der Waals surface area contributed by atoms with Crippen molar-refractivity contribution in [2.75, 3.05) is 0 Å². The molecule has 1 unspecified atom stereocenters. The monoisotopic (exact) mass is 389 g/mol. The van der Waals surface area contributed by atoms with Crippen molar-refractivity contribution in [2.24, 2.45) is 0 Å². The van der Waals surface area contributed by atoms with Crippen LogP contribution in [0, 0.1) is 11.6 Å². The summed E-state index contributed by atoms with van der Waals surface area (Å²) >= 11 is 5.80. The number of carbonyl (C=O) groups is 1. The number of nitrogens with zero attached hydrogens (tertiary/aromatic N) is 3. The summed E-state index contributed by atoms with van der Waals surface area (Å²) in [6.45, 7) is 0.251. The average molecular weight is 390 g/mol. The Labute approximate surface area is 158 Å². The number of amides is 1. The number of hydrogen-bond acceptors (Lipinski definition) is 4. The van der Waals surface area contributed by atoms with Crippen molar-refractivity contribution >= 4 is 17.5 Å². The van der Waals surface area contributed by atoms with Crippen LogP contribution in [0.3, 0.4) is 0 Å². The van der Waals surface area contributed by atoms with Crippen molar-refractivity contribution in [1.29, 1.82) is 0 Å². The highest BCUT2D eigenvalue weighted by atomic mass is 35.5. The van der Waals surface area contributed by atoms with Crippen LogP contribution < -0.4 is 0 Å². The molecule has 1 aliphatic heterocycles. The molecule has 0 radical (unpaired) electrons. The normalized spacial score (nSPS) is 16.9. The molecule has 1 atom stereocenters. The minimum absolute atomic E-state index is 0.0392. The zero-order valence-corrected chi connectivity index (χ0v) is 14.8. The van der Waals surface area contributed by atoms with Crippen molar-refractivity contribution in [1.82, 2.24) is 15.0 Å². The van der Waals surface area contributed by atoms with Crippen molar-refractivity contribution < 1.29 is 18.1 Å². The zero-order valence-electron chi connectivity index (χ0n) is 14.0. The van der Waals surface area contributed by atoms with E-state index in [9.17, 15) is 13.6 Å². The second kappa shape index (κ2) is 7.08. The SMILES string of the molecule is O=C1CCC(c2nc(-c3ccc(F)c(Cl)c3)no2)N1Cc1cccc(F)c1. The van der Waals surface area contributed by atoms with Gasteiger partial charge in [-0.1, -0.05) is 28.9 Å². The van der Waals surface area contributed by atoms with Crippen molar-refractivity contribution in [3.05, 3.63) is 70.6 Å². The van der Waals surface area contributed by atoms with Crippen molar-refractivity contribution in [3.63, 3.8) is 0 Å². The quantitative estimate of drug-likeness (QED) is 0.657. The fourth-order valence-electron chi connectivity index (χ4n) is 3.14. The van der Waals surface area contributed by atoms with Gasteiger partial charge in [-0.2, -0.15) is 4.98 Å². The van der Waals surface area contributed by atoms with E-state index in [0.717, 1.165) is 0 Å². The molecule has 0 aliphatic carbocycles. The molecule has 1 fully saturated rings. The molecule has 0 spiro atoms. The molecule has 27 heavy (non-hydrogen) atoms. The third kappa shape index (κ3) is 3.55. The van der Waals surface area contributed by atoms with Gasteiger partial charge in [-0.25, -0.2) is 8.78 Å². The van der Waals surface area contributed by atoms with Gasteiger partial charge in [0.15, 0.2) is 0 Å². The van der Waals surface area contributed by atoms with Crippen molar-refractivity contribution in [3.8, 4) is 11.4 Å². The van der Waals surface area contributed by atoms with Gasteiger partial charge in [0.2, 0.25) is 17.6 Å². The van der Waals surface area contributed by atoms with E-state index in [-0.39, 0.29) is 35.0 Å². The standard InChI is InChI=1S/C19H14ClF2N3O2/c20-14-9-12(4-5-15(14)22)18-23-19(27-24-18)16-6-7-17(26)25(16)10-11-2-1-3-13(21)8-11/h1-5,8-9,16H,6-7,10H2. The molecule has 1 amide bonds. The first-order valence-corrected chi connectivity index (χ1v) is 8.72. The Bertz CT molecular complexity index is 1010. The van der Waals surface area contributed by atoms with Crippen LogP contribution in [0.5, 0.6) is 0 Å². The van der Waals surface area contributed by atoms with Crippen molar-refractivity contribution in [2.45, 2.75) is 25.4 Å². The topological polar surface area (TPSA) is 59.2 Å². The molecular weight excluding hydrogens is 376 g/mol. The van der Waals surface area contributed by atoms with E-state index in [1.54, 1.807) is 17.0 Å². The van der Waals surface area contributed by atoms with Crippen LogP contribution in [0.1, 0.15) is 30.3 Å². The molecule has 1 aliphatic rings. The number of aromatic nitrogens is 2. The van der Waals surface area contributed by atoms with Gasteiger partial charge in [-0.3, -0.25) is 4.79 Å². The number of rotatable bonds is 4. The summed E-state index contributed by atoms with van der Waals surface area (Å²) in [5, 5.41) is 3.88. The van der Waals surface area contributed by atoms with Crippen LogP contribution in [-0.4, -0.2) is 20.9 Å². The smallest absolute Gasteiger partial charge is 0.249 e. The third-order valence-electron chi connectivity index (χ3n) is 4.47. The third-order valence-corrected chi connectivity index (χ3v) is 4.76. The Morgan fingerprint density at radius 1 is 1.22 bits per heavy atom. The van der Waals surface area contributed by atoms with Gasteiger partial charge in [0.05, 0.1) is 5.02 Å². The maximum absolute atomic E-state index is 13.4. The first-order valence-electron chi connectivity index (χ1n) is 8.34. The number of hydrogen-bond donors (Lipinski definition) is 0. The van der Waals surface area contributed by atoms with Gasteiger partial charge >= 0.3 is 0 Å². The van der Waals surface area contributed by atoms with Gasteiger partial charge < -0.3 is 9.42 Å². The molecular formula is C19H14ClF2N3O2. The Balaban J connectivity index is 1.59. The molecule has 3 aromatic rings. The maximum atomic E-state index is 13.4. The van der Waals surface area contributed by atoms with Crippen LogP contribution in [0.25, 0.3) is 11.4 Å². The molecule has 0 N–H and O–H groups in total. The predicted octanol–water partition coefficient (Wildman–Crippen LogP) is 4.53. The molecule has 0 bridgehead atoms. The van der Waals surface area contributed by atoms with E-state index in [1.807, 2.05) is 0 Å². The zero-order chi connectivity index (χ0) is 19.0. The molecule has 1 aromatic heterocycles. The van der Waals surface area contributed by atoms with E-state index >= 15 is 0 Å². The number of benzene rings is 2. The van der Waals surface area contributed by atoms with Crippen LogP contribution in [-0.2, 0) is 11.3 Å². The molecule has 4 rings (SSSR count). The number of carbonyl (C=O) groups excluding carboxylic acids is 1. The number of halogens is 3. The molecule has 2 heterocycles. The average Bonchev–Trinajstić information content (AvgIpc) is 3.25. The highest BCUT2D eigenvalue weighted by molar-refractivity contribution is 6.31. The summed E-state index contributed by atoms with van der Waals surface area (Å²) in [6, 6.07) is 9.85. The second-order valence-corrected chi connectivity index (χ2v) is 6.70. The molecule has 5 nitrogen and oxygen atoms in total. The maximum Gasteiger partial charge on any atom is 0.249 e. The Morgan fingerprint density at radius 2 is 2.07 bits per heavy atom. The molecule has 1 saturated heterocycles.